The van der Waals surface area contributed by atoms with E-state index in [0.717, 1.165) is 49.7 Å². The summed E-state index contributed by atoms with van der Waals surface area (Å²) in [6.45, 7) is 5.01. The van der Waals surface area contributed by atoms with E-state index in [1.807, 2.05) is 37.3 Å². The molecule has 1 aliphatic heterocycles. The second-order valence-corrected chi connectivity index (χ2v) is 10.4. The molecule has 0 unspecified atom stereocenters. The lowest BCUT2D eigenvalue weighted by Gasteiger charge is -2.34. The first-order valence-corrected chi connectivity index (χ1v) is 14.2. The van der Waals surface area contributed by atoms with Gasteiger partial charge in [-0.25, -0.2) is 24.9 Å². The Labute approximate surface area is 241 Å². The van der Waals surface area contributed by atoms with Crippen LogP contribution in [0.3, 0.4) is 0 Å². The highest BCUT2D eigenvalue weighted by Gasteiger charge is 2.19. The fourth-order valence-electron chi connectivity index (χ4n) is 5.11. The van der Waals surface area contributed by atoms with Gasteiger partial charge in [0.25, 0.3) is 0 Å². The number of hydrogen-bond acceptors (Lipinski definition) is 8. The van der Waals surface area contributed by atoms with Crippen molar-refractivity contribution in [2.45, 2.75) is 38.8 Å². The Balaban J connectivity index is 1.03. The van der Waals surface area contributed by atoms with Gasteiger partial charge in [0.15, 0.2) is 5.82 Å². The fraction of sp³-hybridized carbons (Fsp3) is 0.242. The lowest BCUT2D eigenvalue weighted by Crippen LogP contribution is -2.42. The normalized spacial score (nSPS) is 13.7. The monoisotopic (exact) mass is 542 g/mol. The minimum Gasteiger partial charge on any atom is -0.371 e. The van der Waals surface area contributed by atoms with Crippen molar-refractivity contribution in [3.63, 3.8) is 0 Å². The largest absolute Gasteiger partial charge is 0.371 e. The van der Waals surface area contributed by atoms with Crippen LogP contribution in [0.5, 0.6) is 0 Å². The molecule has 1 saturated heterocycles. The van der Waals surface area contributed by atoms with Crippen molar-refractivity contribution in [1.82, 2.24) is 30.2 Å². The molecule has 0 saturated carbocycles. The topological polar surface area (TPSA) is 91.8 Å². The lowest BCUT2D eigenvalue weighted by atomic mass is 10.0. The van der Waals surface area contributed by atoms with Crippen molar-refractivity contribution in [2.75, 3.05) is 23.3 Å². The van der Waals surface area contributed by atoms with Gasteiger partial charge in [-0.1, -0.05) is 48.5 Å². The summed E-state index contributed by atoms with van der Waals surface area (Å²) in [5, 5.41) is 7.01. The molecule has 41 heavy (non-hydrogen) atoms. The molecular formula is C33H34N8. The maximum Gasteiger partial charge on any atom is 0.180 e. The second kappa shape index (κ2) is 12.7. The number of nitrogens with zero attached hydrogens (tertiary/aromatic N) is 6. The number of benzene rings is 2. The molecule has 2 aromatic carbocycles. The number of aromatic nitrogens is 5. The van der Waals surface area contributed by atoms with E-state index < -0.39 is 0 Å². The second-order valence-electron chi connectivity index (χ2n) is 10.4. The van der Waals surface area contributed by atoms with E-state index in [0.29, 0.717) is 29.9 Å². The number of hydrogen-bond donors (Lipinski definition) is 2. The van der Waals surface area contributed by atoms with E-state index in [1.54, 1.807) is 12.4 Å². The van der Waals surface area contributed by atoms with Crippen LogP contribution in [-0.4, -0.2) is 44.1 Å². The van der Waals surface area contributed by atoms with E-state index in [1.165, 1.54) is 16.8 Å². The molecule has 0 amide bonds. The van der Waals surface area contributed by atoms with Gasteiger partial charge in [-0.05, 0) is 67.3 Å². The molecule has 5 aromatic rings. The Bertz CT molecular complexity index is 1560. The number of aryl methyl sites for hydroxylation is 1. The fourth-order valence-corrected chi connectivity index (χ4v) is 5.11. The van der Waals surface area contributed by atoms with Crippen molar-refractivity contribution in [3.05, 3.63) is 120 Å². The van der Waals surface area contributed by atoms with E-state index in [4.69, 9.17) is 4.98 Å². The average Bonchev–Trinajstić information content (AvgIpc) is 3.02. The molecule has 3 aromatic heterocycles. The van der Waals surface area contributed by atoms with Crippen LogP contribution in [0.15, 0.2) is 97.3 Å². The third kappa shape index (κ3) is 7.10. The minimum atomic E-state index is 0.567. The summed E-state index contributed by atoms with van der Waals surface area (Å²) >= 11 is 0. The first kappa shape index (κ1) is 26.5. The van der Waals surface area contributed by atoms with Crippen molar-refractivity contribution in [2.24, 2.45) is 0 Å². The predicted octanol–water partition coefficient (Wildman–Crippen LogP) is 5.73. The Kier molecular flexibility index (Phi) is 8.19. The van der Waals surface area contributed by atoms with Crippen LogP contribution < -0.4 is 15.5 Å². The summed E-state index contributed by atoms with van der Waals surface area (Å²) in [5.41, 5.74) is 5.46. The molecule has 2 N–H and O–H groups in total. The molecule has 8 nitrogen and oxygen atoms in total. The molecule has 0 bridgehead atoms. The standard InChI is InChI=1S/C33H34N8/c1-24-6-5-9-29(37-24)33-35-19-15-31(40-33)38-30-14-18-34-32(39-30)22-25-10-12-28(13-11-25)41-20-16-27(17-21-41)36-23-26-7-3-2-4-8-26/h2-15,18-19,27,36H,16-17,20-23H2,1H3,(H,34,35,38,39,40). The molecule has 0 atom stereocenters. The number of pyridine rings is 1. The van der Waals surface area contributed by atoms with E-state index in [9.17, 15) is 0 Å². The maximum atomic E-state index is 4.72. The molecule has 0 radical (unpaired) electrons. The molecule has 6 rings (SSSR count). The lowest BCUT2D eigenvalue weighted by molar-refractivity contribution is 0.414. The zero-order valence-electron chi connectivity index (χ0n) is 23.2. The third-order valence-electron chi connectivity index (χ3n) is 7.33. The molecular weight excluding hydrogens is 508 g/mol. The summed E-state index contributed by atoms with van der Waals surface area (Å²) < 4.78 is 0. The van der Waals surface area contributed by atoms with Gasteiger partial charge in [0.05, 0.1) is 0 Å². The van der Waals surface area contributed by atoms with Crippen LogP contribution >= 0.6 is 0 Å². The molecule has 206 valence electrons. The van der Waals surface area contributed by atoms with Gasteiger partial charge in [0, 0.05) is 55.9 Å². The van der Waals surface area contributed by atoms with E-state index in [2.05, 4.69) is 90.1 Å². The van der Waals surface area contributed by atoms with E-state index >= 15 is 0 Å². The molecule has 0 spiro atoms. The van der Waals surface area contributed by atoms with Crippen LogP contribution in [-0.2, 0) is 13.0 Å². The van der Waals surface area contributed by atoms with Crippen LogP contribution in [0.4, 0.5) is 17.3 Å². The summed E-state index contributed by atoms with van der Waals surface area (Å²) in [4.78, 5) is 25.2. The van der Waals surface area contributed by atoms with Crippen LogP contribution in [0.1, 0.15) is 35.5 Å². The van der Waals surface area contributed by atoms with Crippen molar-refractivity contribution < 1.29 is 0 Å². The molecule has 4 heterocycles. The summed E-state index contributed by atoms with van der Waals surface area (Å²) in [6.07, 6.45) is 6.46. The highest BCUT2D eigenvalue weighted by atomic mass is 15.1. The van der Waals surface area contributed by atoms with Gasteiger partial charge in [0.2, 0.25) is 0 Å². The van der Waals surface area contributed by atoms with Gasteiger partial charge >= 0.3 is 0 Å². The van der Waals surface area contributed by atoms with Gasteiger partial charge in [0.1, 0.15) is 23.2 Å². The van der Waals surface area contributed by atoms with Gasteiger partial charge in [-0.15, -0.1) is 0 Å². The number of nitrogens with one attached hydrogen (secondary N) is 2. The number of piperidine rings is 1. The van der Waals surface area contributed by atoms with E-state index in [-0.39, 0.29) is 0 Å². The van der Waals surface area contributed by atoms with Gasteiger partial charge < -0.3 is 15.5 Å². The van der Waals surface area contributed by atoms with Crippen LogP contribution in [0.25, 0.3) is 11.5 Å². The minimum absolute atomic E-state index is 0.567. The Hall–Kier alpha value is -4.69. The van der Waals surface area contributed by atoms with Crippen molar-refractivity contribution >= 4 is 17.3 Å². The Morgan fingerprint density at radius 3 is 2.27 bits per heavy atom. The zero-order valence-corrected chi connectivity index (χ0v) is 23.2. The summed E-state index contributed by atoms with van der Waals surface area (Å²) in [5.74, 6) is 2.67. The number of rotatable bonds is 9. The Morgan fingerprint density at radius 2 is 1.49 bits per heavy atom. The predicted molar refractivity (Wildman–Crippen MR) is 163 cm³/mol. The van der Waals surface area contributed by atoms with Crippen LogP contribution in [0.2, 0.25) is 0 Å². The van der Waals surface area contributed by atoms with Gasteiger partial charge in [-0.3, -0.25) is 0 Å². The average molecular weight is 543 g/mol. The van der Waals surface area contributed by atoms with Crippen LogP contribution in [0, 0.1) is 6.92 Å². The first-order chi connectivity index (χ1) is 20.2. The first-order valence-electron chi connectivity index (χ1n) is 14.2. The SMILES string of the molecule is Cc1cccc(-c2nccc(Nc3ccnc(Cc4ccc(N5CCC(NCc6ccccc6)CC5)cc4)n3)n2)n1. The summed E-state index contributed by atoms with van der Waals surface area (Å²) in [7, 11) is 0. The van der Waals surface area contributed by atoms with Crippen molar-refractivity contribution in [3.8, 4) is 11.5 Å². The maximum absolute atomic E-state index is 4.72. The zero-order chi connectivity index (χ0) is 27.9. The molecule has 0 aliphatic carbocycles. The quantitative estimate of drug-likeness (QED) is 0.244. The highest BCUT2D eigenvalue weighted by Crippen LogP contribution is 2.22. The Morgan fingerprint density at radius 1 is 0.732 bits per heavy atom. The molecule has 1 aliphatic rings. The third-order valence-corrected chi connectivity index (χ3v) is 7.33. The number of anilines is 3. The summed E-state index contributed by atoms with van der Waals surface area (Å²) in [6, 6.07) is 29.5. The molecule has 1 fully saturated rings. The van der Waals surface area contributed by atoms with Gasteiger partial charge in [-0.2, -0.15) is 0 Å². The van der Waals surface area contributed by atoms with Crippen molar-refractivity contribution in [1.29, 1.82) is 0 Å². The highest BCUT2D eigenvalue weighted by molar-refractivity contribution is 5.56. The molecule has 8 heteroatoms. The smallest absolute Gasteiger partial charge is 0.180 e.